The topological polar surface area (TPSA) is 71.8 Å². The van der Waals surface area contributed by atoms with Gasteiger partial charge in [-0.25, -0.2) is 14.5 Å². The zero-order valence-corrected chi connectivity index (χ0v) is 12.5. The highest BCUT2D eigenvalue weighted by Gasteiger charge is 2.16. The molecule has 0 aliphatic heterocycles. The van der Waals surface area contributed by atoms with Gasteiger partial charge in [0.1, 0.15) is 22.1 Å². The molecule has 3 aromatic rings. The van der Waals surface area contributed by atoms with Gasteiger partial charge in [0.05, 0.1) is 12.5 Å². The predicted molar refractivity (Wildman–Crippen MR) is 77.0 cm³/mol. The molecule has 3 aromatic heterocycles. The first kappa shape index (κ1) is 12.8. The van der Waals surface area contributed by atoms with Gasteiger partial charge < -0.3 is 4.57 Å². The molecule has 6 nitrogen and oxygen atoms in total. The number of hydrogen-bond donors (Lipinski definition) is 0. The number of hydrogen-bond acceptors (Lipinski definition) is 4. The summed E-state index contributed by atoms with van der Waals surface area (Å²) in [6.45, 7) is 4.15. The van der Waals surface area contributed by atoms with Crippen molar-refractivity contribution in [2.75, 3.05) is 0 Å². The lowest BCUT2D eigenvalue weighted by molar-refractivity contribution is 0.603. The Morgan fingerprint density at radius 3 is 2.80 bits per heavy atom. The van der Waals surface area contributed by atoms with E-state index in [4.69, 9.17) is 5.26 Å². The van der Waals surface area contributed by atoms with Crippen LogP contribution in [0.4, 0.5) is 0 Å². The third-order valence-corrected chi connectivity index (χ3v) is 3.61. The zero-order valence-electron chi connectivity index (χ0n) is 10.9. The van der Waals surface area contributed by atoms with Gasteiger partial charge in [-0.2, -0.15) is 10.4 Å². The summed E-state index contributed by atoms with van der Waals surface area (Å²) >= 11 is 3.45. The average Bonchev–Trinajstić information content (AvgIpc) is 3.01. The second-order valence-electron chi connectivity index (χ2n) is 4.63. The van der Waals surface area contributed by atoms with E-state index in [0.717, 1.165) is 16.0 Å². The van der Waals surface area contributed by atoms with Crippen LogP contribution in [0.2, 0.25) is 0 Å². The molecule has 20 heavy (non-hydrogen) atoms. The van der Waals surface area contributed by atoms with Crippen LogP contribution in [0, 0.1) is 11.3 Å². The molecule has 100 valence electrons. The molecular weight excluding hydrogens is 320 g/mol. The van der Waals surface area contributed by atoms with Crippen LogP contribution in [0.3, 0.4) is 0 Å². The Morgan fingerprint density at radius 2 is 2.10 bits per heavy atom. The number of rotatable bonds is 2. The molecule has 0 unspecified atom stereocenters. The third-order valence-electron chi connectivity index (χ3n) is 3.02. The van der Waals surface area contributed by atoms with Gasteiger partial charge in [-0.05, 0) is 41.9 Å². The van der Waals surface area contributed by atoms with Crippen LogP contribution in [-0.4, -0.2) is 24.1 Å². The SMILES string of the molecule is CC(C)n1cnc(Br)c1-c1ccc2ncc(C#N)n2n1. The molecule has 0 radical (unpaired) electrons. The van der Waals surface area contributed by atoms with Crippen LogP contribution < -0.4 is 0 Å². The average molecular weight is 331 g/mol. The number of halogens is 1. The predicted octanol–water partition coefficient (Wildman–Crippen LogP) is 2.81. The second kappa shape index (κ2) is 4.72. The van der Waals surface area contributed by atoms with Gasteiger partial charge in [0.15, 0.2) is 11.3 Å². The Bertz CT molecular complexity index is 823. The number of nitriles is 1. The molecule has 0 spiro atoms. The van der Waals surface area contributed by atoms with Crippen molar-refractivity contribution in [1.82, 2.24) is 24.1 Å². The van der Waals surface area contributed by atoms with Crippen molar-refractivity contribution in [3.8, 4) is 17.5 Å². The van der Waals surface area contributed by atoms with E-state index in [-0.39, 0.29) is 6.04 Å². The van der Waals surface area contributed by atoms with E-state index in [1.54, 1.807) is 10.8 Å². The Labute approximate surface area is 123 Å². The van der Waals surface area contributed by atoms with Crippen molar-refractivity contribution >= 4 is 21.6 Å². The van der Waals surface area contributed by atoms with Gasteiger partial charge in [-0.1, -0.05) is 0 Å². The fourth-order valence-electron chi connectivity index (χ4n) is 2.04. The summed E-state index contributed by atoms with van der Waals surface area (Å²) in [5, 5.41) is 13.6. The van der Waals surface area contributed by atoms with Crippen molar-refractivity contribution in [2.45, 2.75) is 19.9 Å². The second-order valence-corrected chi connectivity index (χ2v) is 5.38. The Morgan fingerprint density at radius 1 is 1.30 bits per heavy atom. The van der Waals surface area contributed by atoms with Crippen molar-refractivity contribution in [3.63, 3.8) is 0 Å². The van der Waals surface area contributed by atoms with Crippen LogP contribution in [0.25, 0.3) is 17.0 Å². The van der Waals surface area contributed by atoms with E-state index in [0.29, 0.717) is 11.3 Å². The van der Waals surface area contributed by atoms with Gasteiger partial charge in [0.2, 0.25) is 0 Å². The molecular formula is C13H11BrN6. The molecule has 0 N–H and O–H groups in total. The summed E-state index contributed by atoms with van der Waals surface area (Å²) < 4.78 is 4.30. The first-order valence-corrected chi connectivity index (χ1v) is 6.88. The highest BCUT2D eigenvalue weighted by atomic mass is 79.9. The smallest absolute Gasteiger partial charge is 0.162 e. The molecule has 0 bridgehead atoms. The van der Waals surface area contributed by atoms with Gasteiger partial charge in [-0.15, -0.1) is 0 Å². The molecule has 3 heterocycles. The maximum atomic E-state index is 9.07. The van der Waals surface area contributed by atoms with Crippen LogP contribution in [0.5, 0.6) is 0 Å². The van der Waals surface area contributed by atoms with E-state index in [9.17, 15) is 0 Å². The number of fused-ring (bicyclic) bond motifs is 1. The molecule has 0 aliphatic carbocycles. The minimum atomic E-state index is 0.263. The molecule has 0 saturated heterocycles. The molecule has 3 rings (SSSR count). The van der Waals surface area contributed by atoms with Crippen LogP contribution in [0.15, 0.2) is 29.3 Å². The largest absolute Gasteiger partial charge is 0.326 e. The standard InChI is InChI=1S/C13H11BrN6/c1-8(2)19-7-17-13(14)12(19)10-3-4-11-16-6-9(5-15)20(11)18-10/h3-4,6-8H,1-2H3. The summed E-state index contributed by atoms with van der Waals surface area (Å²) in [6.07, 6.45) is 3.29. The lowest BCUT2D eigenvalue weighted by atomic mass is 10.3. The summed E-state index contributed by atoms with van der Waals surface area (Å²) in [4.78, 5) is 8.41. The van der Waals surface area contributed by atoms with E-state index in [1.807, 2.05) is 16.7 Å². The summed E-state index contributed by atoms with van der Waals surface area (Å²) in [5.41, 5.74) is 2.69. The Balaban J connectivity index is 2.25. The van der Waals surface area contributed by atoms with Gasteiger partial charge >= 0.3 is 0 Å². The monoisotopic (exact) mass is 330 g/mol. The lowest BCUT2D eigenvalue weighted by Gasteiger charge is -2.11. The normalized spacial score (nSPS) is 11.2. The molecule has 0 saturated carbocycles. The minimum absolute atomic E-state index is 0.263. The van der Waals surface area contributed by atoms with E-state index >= 15 is 0 Å². The zero-order chi connectivity index (χ0) is 14.3. The van der Waals surface area contributed by atoms with Crippen LogP contribution in [0.1, 0.15) is 25.6 Å². The summed E-state index contributed by atoms with van der Waals surface area (Å²) in [7, 11) is 0. The molecule has 0 fully saturated rings. The molecule has 0 amide bonds. The number of aromatic nitrogens is 5. The lowest BCUT2D eigenvalue weighted by Crippen LogP contribution is -2.04. The molecule has 0 aliphatic rings. The van der Waals surface area contributed by atoms with Crippen molar-refractivity contribution < 1.29 is 0 Å². The maximum Gasteiger partial charge on any atom is 0.162 e. The van der Waals surface area contributed by atoms with Crippen molar-refractivity contribution in [1.29, 1.82) is 5.26 Å². The fourth-order valence-corrected chi connectivity index (χ4v) is 2.54. The highest BCUT2D eigenvalue weighted by molar-refractivity contribution is 9.10. The molecule has 0 aromatic carbocycles. The summed E-state index contributed by atoms with van der Waals surface area (Å²) in [5.74, 6) is 0. The number of nitrogens with zero attached hydrogens (tertiary/aromatic N) is 6. The minimum Gasteiger partial charge on any atom is -0.326 e. The molecule has 0 atom stereocenters. The van der Waals surface area contributed by atoms with Crippen molar-refractivity contribution in [2.24, 2.45) is 0 Å². The fraction of sp³-hybridized carbons (Fsp3) is 0.231. The van der Waals surface area contributed by atoms with Gasteiger partial charge in [-0.3, -0.25) is 0 Å². The first-order chi connectivity index (χ1) is 9.61. The Kier molecular flexibility index (Phi) is 3.03. The highest BCUT2D eigenvalue weighted by Crippen LogP contribution is 2.28. The molecule has 7 heteroatoms. The maximum absolute atomic E-state index is 9.07. The first-order valence-electron chi connectivity index (χ1n) is 6.09. The van der Waals surface area contributed by atoms with E-state index in [2.05, 4.69) is 50.9 Å². The van der Waals surface area contributed by atoms with Gasteiger partial charge in [0, 0.05) is 6.04 Å². The quantitative estimate of drug-likeness (QED) is 0.724. The number of imidazole rings is 2. The summed E-state index contributed by atoms with van der Waals surface area (Å²) in [6, 6.07) is 6.06. The Hall–Kier alpha value is -2.20. The van der Waals surface area contributed by atoms with E-state index < -0.39 is 0 Å². The van der Waals surface area contributed by atoms with E-state index in [1.165, 1.54) is 6.20 Å². The van der Waals surface area contributed by atoms with Crippen LogP contribution in [-0.2, 0) is 0 Å². The van der Waals surface area contributed by atoms with Gasteiger partial charge in [0.25, 0.3) is 0 Å². The third kappa shape index (κ3) is 1.89. The van der Waals surface area contributed by atoms with Crippen LogP contribution >= 0.6 is 15.9 Å². The van der Waals surface area contributed by atoms with Crippen molar-refractivity contribution in [3.05, 3.63) is 35.0 Å².